The topological polar surface area (TPSA) is 29.9 Å². The zero-order valence-electron chi connectivity index (χ0n) is 13.7. The van der Waals surface area contributed by atoms with Gasteiger partial charge in [0.1, 0.15) is 5.82 Å². The van der Waals surface area contributed by atoms with Crippen LogP contribution in [0.5, 0.6) is 0 Å². The van der Waals surface area contributed by atoms with Crippen LogP contribution in [0.15, 0.2) is 30.6 Å². The molecule has 2 aromatic rings. The normalized spacial score (nSPS) is 12.6. The Kier molecular flexibility index (Phi) is 5.57. The summed E-state index contributed by atoms with van der Waals surface area (Å²) in [5.74, 6) is 1.17. The molecule has 1 aromatic heterocycles. The van der Waals surface area contributed by atoms with Crippen molar-refractivity contribution >= 4 is 0 Å². The minimum absolute atomic E-state index is 0.326. The minimum atomic E-state index is 0.326. The molecule has 0 aliphatic carbocycles. The average molecular weight is 285 g/mol. The lowest BCUT2D eigenvalue weighted by Crippen LogP contribution is -2.24. The van der Waals surface area contributed by atoms with Crippen LogP contribution in [0.25, 0.3) is 0 Å². The highest BCUT2D eigenvalue weighted by Crippen LogP contribution is 2.21. The van der Waals surface area contributed by atoms with Crippen molar-refractivity contribution in [2.75, 3.05) is 6.54 Å². The van der Waals surface area contributed by atoms with Crippen molar-refractivity contribution in [2.24, 2.45) is 0 Å². The molecule has 2 rings (SSSR count). The molecule has 0 amide bonds. The lowest BCUT2D eigenvalue weighted by atomic mass is 9.98. The molecule has 0 aliphatic rings. The molecule has 21 heavy (non-hydrogen) atoms. The number of benzene rings is 1. The molecular weight excluding hydrogens is 258 g/mol. The number of nitrogens with one attached hydrogen (secondary N) is 1. The summed E-state index contributed by atoms with van der Waals surface area (Å²) < 4.78 is 2.27. The van der Waals surface area contributed by atoms with Crippen molar-refractivity contribution in [3.8, 4) is 0 Å². The second-order valence-electron chi connectivity index (χ2n) is 5.69. The Labute approximate surface area is 128 Å². The first-order valence-electron chi connectivity index (χ1n) is 7.96. The van der Waals surface area contributed by atoms with E-state index < -0.39 is 0 Å². The molecule has 114 valence electrons. The van der Waals surface area contributed by atoms with E-state index in [2.05, 4.69) is 67.0 Å². The highest BCUT2D eigenvalue weighted by Gasteiger charge is 2.15. The van der Waals surface area contributed by atoms with Crippen molar-refractivity contribution in [2.45, 2.75) is 53.1 Å². The molecule has 0 spiro atoms. The van der Waals surface area contributed by atoms with Crippen LogP contribution in [0, 0.1) is 13.8 Å². The van der Waals surface area contributed by atoms with E-state index >= 15 is 0 Å². The SMILES string of the molecule is CCCn1ccnc1CC(NCC)c1ccc(C)c(C)c1. The lowest BCUT2D eigenvalue weighted by molar-refractivity contribution is 0.516. The van der Waals surface area contributed by atoms with E-state index in [-0.39, 0.29) is 0 Å². The third kappa shape index (κ3) is 3.94. The van der Waals surface area contributed by atoms with Crippen molar-refractivity contribution in [3.05, 3.63) is 53.1 Å². The van der Waals surface area contributed by atoms with Gasteiger partial charge in [-0.05, 0) is 43.5 Å². The summed E-state index contributed by atoms with van der Waals surface area (Å²) in [5, 5.41) is 3.60. The Morgan fingerprint density at radius 3 is 2.67 bits per heavy atom. The molecule has 1 unspecified atom stereocenters. The van der Waals surface area contributed by atoms with E-state index in [4.69, 9.17) is 0 Å². The zero-order valence-corrected chi connectivity index (χ0v) is 13.7. The molecule has 1 heterocycles. The maximum absolute atomic E-state index is 4.55. The third-order valence-electron chi connectivity index (χ3n) is 4.04. The number of hydrogen-bond acceptors (Lipinski definition) is 2. The van der Waals surface area contributed by atoms with Crippen LogP contribution in [-0.4, -0.2) is 16.1 Å². The van der Waals surface area contributed by atoms with Crippen LogP contribution in [-0.2, 0) is 13.0 Å². The quantitative estimate of drug-likeness (QED) is 0.838. The minimum Gasteiger partial charge on any atom is -0.335 e. The number of nitrogens with zero attached hydrogens (tertiary/aromatic N) is 2. The number of likely N-dealkylation sites (N-methyl/N-ethyl adjacent to an activating group) is 1. The Morgan fingerprint density at radius 1 is 1.19 bits per heavy atom. The van der Waals surface area contributed by atoms with Crippen LogP contribution in [0.2, 0.25) is 0 Å². The average Bonchev–Trinajstić information content (AvgIpc) is 2.89. The van der Waals surface area contributed by atoms with Gasteiger partial charge in [0.25, 0.3) is 0 Å². The smallest absolute Gasteiger partial charge is 0.110 e. The molecule has 1 atom stereocenters. The fourth-order valence-electron chi connectivity index (χ4n) is 2.69. The molecule has 3 nitrogen and oxygen atoms in total. The largest absolute Gasteiger partial charge is 0.335 e. The van der Waals surface area contributed by atoms with Crippen molar-refractivity contribution in [3.63, 3.8) is 0 Å². The maximum Gasteiger partial charge on any atom is 0.110 e. The van der Waals surface area contributed by atoms with Gasteiger partial charge in [-0.25, -0.2) is 4.98 Å². The lowest BCUT2D eigenvalue weighted by Gasteiger charge is -2.20. The Morgan fingerprint density at radius 2 is 2.00 bits per heavy atom. The van der Waals surface area contributed by atoms with Crippen molar-refractivity contribution in [1.82, 2.24) is 14.9 Å². The van der Waals surface area contributed by atoms with E-state index in [0.717, 1.165) is 25.9 Å². The predicted octanol–water partition coefficient (Wildman–Crippen LogP) is 3.80. The van der Waals surface area contributed by atoms with Gasteiger partial charge in [0.05, 0.1) is 0 Å². The monoisotopic (exact) mass is 285 g/mol. The van der Waals surface area contributed by atoms with Crippen LogP contribution >= 0.6 is 0 Å². The molecule has 0 fully saturated rings. The summed E-state index contributed by atoms with van der Waals surface area (Å²) in [5.41, 5.74) is 4.06. The Hall–Kier alpha value is -1.61. The van der Waals surface area contributed by atoms with Gasteiger partial charge in [0.15, 0.2) is 0 Å². The molecule has 1 N–H and O–H groups in total. The van der Waals surface area contributed by atoms with Crippen LogP contribution in [0.4, 0.5) is 0 Å². The highest BCUT2D eigenvalue weighted by atomic mass is 15.1. The molecule has 0 aliphatic heterocycles. The summed E-state index contributed by atoms with van der Waals surface area (Å²) in [4.78, 5) is 4.55. The number of hydrogen-bond donors (Lipinski definition) is 1. The first kappa shape index (κ1) is 15.8. The van der Waals surface area contributed by atoms with Gasteiger partial charge >= 0.3 is 0 Å². The van der Waals surface area contributed by atoms with Gasteiger partial charge in [0.2, 0.25) is 0 Å². The fourth-order valence-corrected chi connectivity index (χ4v) is 2.69. The van der Waals surface area contributed by atoms with Crippen LogP contribution < -0.4 is 5.32 Å². The van der Waals surface area contributed by atoms with E-state index in [9.17, 15) is 0 Å². The molecule has 0 saturated heterocycles. The molecule has 0 radical (unpaired) electrons. The highest BCUT2D eigenvalue weighted by molar-refractivity contribution is 5.32. The van der Waals surface area contributed by atoms with Crippen LogP contribution in [0.1, 0.15) is 48.8 Å². The zero-order chi connectivity index (χ0) is 15.2. The summed E-state index contributed by atoms with van der Waals surface area (Å²) in [7, 11) is 0. The van der Waals surface area contributed by atoms with E-state index in [1.54, 1.807) is 0 Å². The van der Waals surface area contributed by atoms with Gasteiger partial charge < -0.3 is 9.88 Å². The number of aryl methyl sites for hydroxylation is 3. The van der Waals surface area contributed by atoms with Crippen molar-refractivity contribution < 1.29 is 0 Å². The number of rotatable bonds is 7. The van der Waals surface area contributed by atoms with Gasteiger partial charge in [0, 0.05) is 31.4 Å². The summed E-state index contributed by atoms with van der Waals surface area (Å²) in [6, 6.07) is 7.08. The van der Waals surface area contributed by atoms with Gasteiger partial charge in [-0.15, -0.1) is 0 Å². The second kappa shape index (κ2) is 7.41. The maximum atomic E-state index is 4.55. The summed E-state index contributed by atoms with van der Waals surface area (Å²) >= 11 is 0. The Balaban J connectivity index is 2.22. The van der Waals surface area contributed by atoms with Crippen LogP contribution in [0.3, 0.4) is 0 Å². The first-order valence-corrected chi connectivity index (χ1v) is 7.96. The third-order valence-corrected chi connectivity index (χ3v) is 4.04. The molecule has 3 heteroatoms. The molecule has 0 bridgehead atoms. The standard InChI is InChI=1S/C18H27N3/c1-5-10-21-11-9-20-18(21)13-17(19-6-2)16-8-7-14(3)15(4)12-16/h7-9,11-12,17,19H,5-6,10,13H2,1-4H3. The van der Waals surface area contributed by atoms with Gasteiger partial charge in [-0.1, -0.05) is 32.0 Å². The molecular formula is C18H27N3. The molecule has 1 aromatic carbocycles. The van der Waals surface area contributed by atoms with Gasteiger partial charge in [-0.3, -0.25) is 0 Å². The van der Waals surface area contributed by atoms with Crippen molar-refractivity contribution in [1.29, 1.82) is 0 Å². The summed E-state index contributed by atoms with van der Waals surface area (Å²) in [6.45, 7) is 10.7. The van der Waals surface area contributed by atoms with E-state index in [1.807, 2.05) is 6.20 Å². The second-order valence-corrected chi connectivity index (χ2v) is 5.69. The van der Waals surface area contributed by atoms with Gasteiger partial charge in [-0.2, -0.15) is 0 Å². The summed E-state index contributed by atoms with van der Waals surface area (Å²) in [6.07, 6.45) is 6.07. The molecule has 0 saturated carbocycles. The number of imidazole rings is 1. The Bertz CT molecular complexity index is 572. The van der Waals surface area contributed by atoms with E-state index in [1.165, 1.54) is 22.5 Å². The predicted molar refractivity (Wildman–Crippen MR) is 88.6 cm³/mol. The van der Waals surface area contributed by atoms with E-state index in [0.29, 0.717) is 6.04 Å². The first-order chi connectivity index (χ1) is 10.2. The number of aromatic nitrogens is 2. The fraction of sp³-hybridized carbons (Fsp3) is 0.500.